The molecule has 0 unspecified atom stereocenters. The van der Waals surface area contributed by atoms with Crippen LogP contribution in [-0.2, 0) is 11.3 Å². The zero-order valence-corrected chi connectivity index (χ0v) is 11.6. The molecular formula is C14H17N5O2. The van der Waals surface area contributed by atoms with Gasteiger partial charge in [-0.05, 0) is 18.6 Å². The molecule has 3 rings (SSSR count). The van der Waals surface area contributed by atoms with E-state index in [1.807, 2.05) is 21.8 Å². The number of carbonyl (C=O) groups is 1. The van der Waals surface area contributed by atoms with Gasteiger partial charge in [-0.2, -0.15) is 15.3 Å². The van der Waals surface area contributed by atoms with Crippen molar-refractivity contribution in [2.24, 2.45) is 0 Å². The normalized spacial score (nSPS) is 19.2. The van der Waals surface area contributed by atoms with Gasteiger partial charge in [0.1, 0.15) is 0 Å². The number of rotatable bonds is 3. The van der Waals surface area contributed by atoms with E-state index < -0.39 is 0 Å². The molecule has 0 radical (unpaired) electrons. The number of carbonyl (C=O) groups excluding carboxylic acids is 1. The Kier molecular flexibility index (Phi) is 4.20. The van der Waals surface area contributed by atoms with Crippen LogP contribution in [-0.4, -0.2) is 56.6 Å². The summed E-state index contributed by atoms with van der Waals surface area (Å²) >= 11 is 0. The molecule has 0 bridgehead atoms. The molecule has 1 atom stereocenters. The third-order valence-electron chi connectivity index (χ3n) is 3.42. The monoisotopic (exact) mass is 287 g/mol. The van der Waals surface area contributed by atoms with E-state index in [1.165, 1.54) is 12.4 Å². The van der Waals surface area contributed by atoms with Gasteiger partial charge in [0.15, 0.2) is 0 Å². The van der Waals surface area contributed by atoms with Crippen molar-refractivity contribution in [2.75, 3.05) is 19.7 Å². The SMILES string of the molecule is O=C(c1ccnnc1)N1CCCO[C@@H](Cn2cccn2)C1. The van der Waals surface area contributed by atoms with Gasteiger partial charge in [0, 0.05) is 32.1 Å². The average Bonchev–Trinajstić information content (AvgIpc) is 2.92. The molecule has 1 aliphatic rings. The van der Waals surface area contributed by atoms with Crippen molar-refractivity contribution >= 4 is 5.91 Å². The summed E-state index contributed by atoms with van der Waals surface area (Å²) in [6.45, 7) is 2.55. The molecule has 2 aromatic heterocycles. The maximum atomic E-state index is 12.5. The largest absolute Gasteiger partial charge is 0.374 e. The number of nitrogens with zero attached hydrogens (tertiary/aromatic N) is 5. The van der Waals surface area contributed by atoms with E-state index in [0.29, 0.717) is 31.8 Å². The van der Waals surface area contributed by atoms with E-state index in [0.717, 1.165) is 6.42 Å². The first kappa shape index (κ1) is 13.7. The van der Waals surface area contributed by atoms with Crippen molar-refractivity contribution in [3.05, 3.63) is 42.5 Å². The van der Waals surface area contributed by atoms with Crippen molar-refractivity contribution < 1.29 is 9.53 Å². The Balaban J connectivity index is 1.68. The van der Waals surface area contributed by atoms with E-state index >= 15 is 0 Å². The summed E-state index contributed by atoms with van der Waals surface area (Å²) in [6.07, 6.45) is 7.44. The van der Waals surface area contributed by atoms with E-state index in [-0.39, 0.29) is 12.0 Å². The Morgan fingerprint density at radius 2 is 2.33 bits per heavy atom. The number of ether oxygens (including phenoxy) is 1. The molecule has 7 heteroatoms. The average molecular weight is 287 g/mol. The van der Waals surface area contributed by atoms with Crippen LogP contribution in [0.15, 0.2) is 36.9 Å². The van der Waals surface area contributed by atoms with Gasteiger partial charge in [-0.15, -0.1) is 0 Å². The molecule has 2 aromatic rings. The second kappa shape index (κ2) is 6.45. The molecule has 3 heterocycles. The Labute approximate surface area is 122 Å². The van der Waals surface area contributed by atoms with Crippen LogP contribution in [0.1, 0.15) is 16.8 Å². The van der Waals surface area contributed by atoms with Gasteiger partial charge in [-0.3, -0.25) is 9.48 Å². The van der Waals surface area contributed by atoms with Crippen LogP contribution in [0.3, 0.4) is 0 Å². The van der Waals surface area contributed by atoms with E-state index in [9.17, 15) is 4.79 Å². The van der Waals surface area contributed by atoms with Gasteiger partial charge in [0.05, 0.1) is 30.6 Å². The van der Waals surface area contributed by atoms with Crippen LogP contribution in [0.25, 0.3) is 0 Å². The lowest BCUT2D eigenvalue weighted by Crippen LogP contribution is -2.38. The van der Waals surface area contributed by atoms with Gasteiger partial charge < -0.3 is 9.64 Å². The Morgan fingerprint density at radius 3 is 3.10 bits per heavy atom. The molecule has 1 fully saturated rings. The summed E-state index contributed by atoms with van der Waals surface area (Å²) in [5.74, 6) is -0.0270. The lowest BCUT2D eigenvalue weighted by atomic mass is 10.2. The second-order valence-corrected chi connectivity index (χ2v) is 4.96. The van der Waals surface area contributed by atoms with Crippen molar-refractivity contribution in [3.63, 3.8) is 0 Å². The van der Waals surface area contributed by atoms with Crippen LogP contribution in [0.5, 0.6) is 0 Å². The lowest BCUT2D eigenvalue weighted by Gasteiger charge is -2.23. The zero-order chi connectivity index (χ0) is 14.5. The summed E-state index contributed by atoms with van der Waals surface area (Å²) in [6, 6.07) is 3.56. The number of hydrogen-bond acceptors (Lipinski definition) is 5. The van der Waals surface area contributed by atoms with Crippen molar-refractivity contribution in [3.8, 4) is 0 Å². The zero-order valence-electron chi connectivity index (χ0n) is 11.6. The topological polar surface area (TPSA) is 73.1 Å². The predicted molar refractivity (Wildman–Crippen MR) is 74.5 cm³/mol. The van der Waals surface area contributed by atoms with Crippen molar-refractivity contribution in [1.82, 2.24) is 24.9 Å². The number of amides is 1. The molecule has 0 aromatic carbocycles. The van der Waals surface area contributed by atoms with Gasteiger partial charge in [-0.1, -0.05) is 0 Å². The molecule has 7 nitrogen and oxygen atoms in total. The maximum absolute atomic E-state index is 12.5. The first-order valence-electron chi connectivity index (χ1n) is 6.98. The highest BCUT2D eigenvalue weighted by atomic mass is 16.5. The highest BCUT2D eigenvalue weighted by Gasteiger charge is 2.24. The van der Waals surface area contributed by atoms with Crippen molar-refractivity contribution in [2.45, 2.75) is 19.1 Å². The fraction of sp³-hybridized carbons (Fsp3) is 0.429. The minimum Gasteiger partial charge on any atom is -0.374 e. The number of hydrogen-bond donors (Lipinski definition) is 0. The smallest absolute Gasteiger partial charge is 0.255 e. The molecule has 21 heavy (non-hydrogen) atoms. The van der Waals surface area contributed by atoms with Gasteiger partial charge in [-0.25, -0.2) is 0 Å². The molecule has 1 amide bonds. The van der Waals surface area contributed by atoms with E-state index in [2.05, 4.69) is 15.3 Å². The molecule has 0 saturated carbocycles. The summed E-state index contributed by atoms with van der Waals surface area (Å²) in [7, 11) is 0. The molecule has 0 aliphatic carbocycles. The summed E-state index contributed by atoms with van der Waals surface area (Å²) in [5.41, 5.74) is 0.560. The highest BCUT2D eigenvalue weighted by molar-refractivity contribution is 5.93. The third kappa shape index (κ3) is 3.43. The van der Waals surface area contributed by atoms with Crippen molar-refractivity contribution in [1.29, 1.82) is 0 Å². The fourth-order valence-electron chi connectivity index (χ4n) is 2.41. The van der Waals surface area contributed by atoms with Gasteiger partial charge in [0.25, 0.3) is 5.91 Å². The lowest BCUT2D eigenvalue weighted by molar-refractivity contribution is 0.0367. The van der Waals surface area contributed by atoms with Crippen LogP contribution in [0, 0.1) is 0 Å². The molecule has 0 N–H and O–H groups in total. The Hall–Kier alpha value is -2.28. The first-order valence-corrected chi connectivity index (χ1v) is 6.98. The molecule has 1 saturated heterocycles. The third-order valence-corrected chi connectivity index (χ3v) is 3.42. The Bertz CT molecular complexity index is 572. The minimum absolute atomic E-state index is 0.0270. The quantitative estimate of drug-likeness (QED) is 0.826. The molecule has 1 aliphatic heterocycles. The first-order chi connectivity index (χ1) is 10.3. The Morgan fingerprint density at radius 1 is 1.38 bits per heavy atom. The standard InChI is InChI=1S/C14H17N5O2/c20-14(12-3-5-15-16-9-12)18-6-2-8-21-13(10-18)11-19-7-1-4-17-19/h1,3-5,7,9,13H,2,6,8,10-11H2/t13-/m1/s1. The second-order valence-electron chi connectivity index (χ2n) is 4.96. The molecular weight excluding hydrogens is 270 g/mol. The summed E-state index contributed by atoms with van der Waals surface area (Å²) in [4.78, 5) is 14.3. The summed E-state index contributed by atoms with van der Waals surface area (Å²) in [5, 5.41) is 11.6. The van der Waals surface area contributed by atoms with Crippen LogP contribution >= 0.6 is 0 Å². The van der Waals surface area contributed by atoms with E-state index in [4.69, 9.17) is 4.74 Å². The summed E-state index contributed by atoms with van der Waals surface area (Å²) < 4.78 is 7.64. The van der Waals surface area contributed by atoms with Crippen LogP contribution < -0.4 is 0 Å². The maximum Gasteiger partial charge on any atom is 0.255 e. The molecule has 0 spiro atoms. The fourth-order valence-corrected chi connectivity index (χ4v) is 2.41. The van der Waals surface area contributed by atoms with E-state index in [1.54, 1.807) is 12.3 Å². The minimum atomic E-state index is -0.0499. The predicted octanol–water partition coefficient (Wildman–Crippen LogP) is 0.604. The van der Waals surface area contributed by atoms with Gasteiger partial charge >= 0.3 is 0 Å². The van der Waals surface area contributed by atoms with Crippen LogP contribution in [0.2, 0.25) is 0 Å². The van der Waals surface area contributed by atoms with Gasteiger partial charge in [0.2, 0.25) is 0 Å². The number of aromatic nitrogens is 4. The highest BCUT2D eigenvalue weighted by Crippen LogP contribution is 2.11. The van der Waals surface area contributed by atoms with Crippen LogP contribution in [0.4, 0.5) is 0 Å². The molecule has 110 valence electrons.